The Labute approximate surface area is 218 Å². The van der Waals surface area contributed by atoms with E-state index in [1.165, 1.54) is 7.11 Å². The molecule has 1 aromatic rings. The van der Waals surface area contributed by atoms with Crippen molar-refractivity contribution in [2.75, 3.05) is 7.11 Å². The first kappa shape index (κ1) is 29.1. The van der Waals surface area contributed by atoms with Crippen molar-refractivity contribution in [1.29, 1.82) is 0 Å². The Morgan fingerprint density at radius 3 is 2.46 bits per heavy atom. The number of hydrogen-bond acceptors (Lipinski definition) is 7. The lowest BCUT2D eigenvalue weighted by atomic mass is 9.70. The van der Waals surface area contributed by atoms with Crippen LogP contribution in [0.5, 0.6) is 0 Å². The predicted molar refractivity (Wildman–Crippen MR) is 137 cm³/mol. The van der Waals surface area contributed by atoms with Crippen LogP contribution in [0.15, 0.2) is 42.1 Å². The zero-order chi connectivity index (χ0) is 27.5. The number of H-pyrrole nitrogens is 1. The summed E-state index contributed by atoms with van der Waals surface area (Å²) in [6.07, 6.45) is 4.63. The van der Waals surface area contributed by atoms with Crippen molar-refractivity contribution in [3.63, 3.8) is 0 Å². The van der Waals surface area contributed by atoms with Crippen molar-refractivity contribution >= 4 is 11.9 Å². The molecule has 1 aromatic heterocycles. The van der Waals surface area contributed by atoms with E-state index in [0.717, 1.165) is 5.57 Å². The van der Waals surface area contributed by atoms with Gasteiger partial charge in [-0.05, 0) is 51.3 Å². The molecular weight excluding hydrogens is 478 g/mol. The fourth-order valence-electron chi connectivity index (χ4n) is 5.41. The minimum Gasteiger partial charge on any atom is -0.479 e. The smallest absolute Gasteiger partial charge is 0.355 e. The minimum absolute atomic E-state index is 0.130. The van der Waals surface area contributed by atoms with Gasteiger partial charge in [-0.25, -0.2) is 9.59 Å². The molecule has 9 heteroatoms. The van der Waals surface area contributed by atoms with Crippen LogP contribution < -0.4 is 0 Å². The predicted octanol–water partition coefficient (Wildman–Crippen LogP) is 3.34. The van der Waals surface area contributed by atoms with Crippen molar-refractivity contribution in [3.8, 4) is 0 Å². The van der Waals surface area contributed by atoms with Crippen molar-refractivity contribution < 1.29 is 39.1 Å². The van der Waals surface area contributed by atoms with E-state index in [-0.39, 0.29) is 24.2 Å². The number of nitrogens with one attached hydrogen (secondary N) is 1. The summed E-state index contributed by atoms with van der Waals surface area (Å²) in [7, 11) is 1.37. The highest BCUT2D eigenvalue weighted by molar-refractivity contribution is 5.87. The van der Waals surface area contributed by atoms with Gasteiger partial charge in [0.15, 0.2) is 6.10 Å². The average Bonchev–Trinajstić information content (AvgIpc) is 3.49. The normalized spacial score (nSPS) is 30.3. The molecule has 10 atom stereocenters. The van der Waals surface area contributed by atoms with Crippen LogP contribution in [0.3, 0.4) is 0 Å². The van der Waals surface area contributed by atoms with Crippen LogP contribution >= 0.6 is 0 Å². The number of fused-ring (bicyclic) bond motifs is 2. The lowest BCUT2D eigenvalue weighted by molar-refractivity contribution is -0.152. The molecule has 1 unspecified atom stereocenters. The highest BCUT2D eigenvalue weighted by atomic mass is 16.6. The van der Waals surface area contributed by atoms with Gasteiger partial charge in [0.05, 0.1) is 17.8 Å². The summed E-state index contributed by atoms with van der Waals surface area (Å²) in [4.78, 5) is 27.6. The number of hydrogen-bond donors (Lipinski definition) is 4. The van der Waals surface area contributed by atoms with Gasteiger partial charge < -0.3 is 34.5 Å². The summed E-state index contributed by atoms with van der Waals surface area (Å²) in [6.45, 7) is 9.04. The van der Waals surface area contributed by atoms with Crippen molar-refractivity contribution in [2.45, 2.75) is 83.6 Å². The van der Waals surface area contributed by atoms with E-state index in [2.05, 4.69) is 4.98 Å². The quantitative estimate of drug-likeness (QED) is 0.244. The topological polar surface area (TPSA) is 138 Å². The molecule has 2 aliphatic rings. The number of carbonyl (C=O) groups excluding carboxylic acids is 1. The van der Waals surface area contributed by atoms with Gasteiger partial charge in [0.1, 0.15) is 17.9 Å². The molecule has 1 aliphatic carbocycles. The number of methoxy groups -OCH3 is 1. The Morgan fingerprint density at radius 1 is 1.22 bits per heavy atom. The minimum atomic E-state index is -1.05. The van der Waals surface area contributed by atoms with E-state index in [1.807, 2.05) is 39.0 Å². The highest BCUT2D eigenvalue weighted by Crippen LogP contribution is 2.53. The van der Waals surface area contributed by atoms with Gasteiger partial charge in [0.25, 0.3) is 0 Å². The third-order valence-corrected chi connectivity index (χ3v) is 8.13. The Hall–Kier alpha value is -2.46. The van der Waals surface area contributed by atoms with E-state index in [9.17, 15) is 24.9 Å². The first-order valence-corrected chi connectivity index (χ1v) is 12.9. The van der Waals surface area contributed by atoms with Gasteiger partial charge >= 0.3 is 11.9 Å². The molecule has 3 rings (SSSR count). The molecule has 1 fully saturated rings. The van der Waals surface area contributed by atoms with Gasteiger partial charge in [-0.3, -0.25) is 0 Å². The number of carbonyl (C=O) groups is 2. The van der Waals surface area contributed by atoms with Gasteiger partial charge in [0.2, 0.25) is 0 Å². The van der Waals surface area contributed by atoms with Crippen molar-refractivity contribution in [2.24, 2.45) is 23.7 Å². The molecule has 2 bridgehead atoms. The molecule has 9 nitrogen and oxygen atoms in total. The van der Waals surface area contributed by atoms with Crippen LogP contribution in [0, 0.1) is 23.7 Å². The Kier molecular flexibility index (Phi) is 9.39. The number of rotatable bonds is 12. The third-order valence-electron chi connectivity index (χ3n) is 8.13. The first-order valence-electron chi connectivity index (χ1n) is 12.9. The number of aliphatic carboxylic acids is 1. The molecule has 206 valence electrons. The van der Waals surface area contributed by atoms with Crippen LogP contribution in [-0.4, -0.2) is 75.5 Å². The summed E-state index contributed by atoms with van der Waals surface area (Å²) < 4.78 is 18.1. The number of esters is 1. The Morgan fingerprint density at radius 2 is 1.92 bits per heavy atom. The zero-order valence-electron chi connectivity index (χ0n) is 22.5. The molecular formula is C28H41NO8. The fourth-order valence-corrected chi connectivity index (χ4v) is 5.41. The maximum absolute atomic E-state index is 12.9. The molecule has 2 heterocycles. The summed E-state index contributed by atoms with van der Waals surface area (Å²) in [5, 5.41) is 30.2. The standard InChI is InChI=1S/C28H41NO8/c1-15(18(4)30)12-16(2)28-14-20(9-10-21(28)13-23(35-6)26(32)33)25(37-28)24(17(3)19(5)31)36-27(34)22-8-7-11-29-22/h7-12,15,17-21,23-25,29-31H,13-14H2,1-6H3,(H,32,33)/b16-12+/t15-,17-,18?,19+,20-,21-,23+,24-,25-,28+/m1/s1. The molecule has 0 amide bonds. The summed E-state index contributed by atoms with van der Waals surface area (Å²) in [5.74, 6) is -2.63. The Bertz CT molecular complexity index is 984. The number of carboxylic acids is 1. The van der Waals surface area contributed by atoms with E-state index in [1.54, 1.807) is 32.2 Å². The van der Waals surface area contributed by atoms with E-state index >= 15 is 0 Å². The number of ether oxygens (including phenoxy) is 3. The van der Waals surface area contributed by atoms with Crippen LogP contribution in [-0.2, 0) is 19.0 Å². The summed E-state index contributed by atoms with van der Waals surface area (Å²) >= 11 is 0. The van der Waals surface area contributed by atoms with Crippen LogP contribution in [0.2, 0.25) is 0 Å². The van der Waals surface area contributed by atoms with Gasteiger partial charge in [0, 0.05) is 37.0 Å². The zero-order valence-corrected chi connectivity index (χ0v) is 22.5. The van der Waals surface area contributed by atoms with Crippen LogP contribution in [0.25, 0.3) is 0 Å². The first-order chi connectivity index (χ1) is 17.4. The molecule has 0 saturated carbocycles. The number of aliphatic hydroxyl groups excluding tert-OH is 2. The average molecular weight is 520 g/mol. The van der Waals surface area contributed by atoms with E-state index in [4.69, 9.17) is 14.2 Å². The molecule has 0 radical (unpaired) electrons. The van der Waals surface area contributed by atoms with Gasteiger partial charge in [-0.2, -0.15) is 0 Å². The van der Waals surface area contributed by atoms with Crippen molar-refractivity contribution in [1.82, 2.24) is 4.98 Å². The molecule has 1 aliphatic heterocycles. The number of aliphatic hydroxyl groups is 2. The second kappa shape index (κ2) is 11.9. The number of aromatic amines is 1. The second-order valence-corrected chi connectivity index (χ2v) is 10.6. The molecule has 1 saturated heterocycles. The second-order valence-electron chi connectivity index (χ2n) is 10.6. The Balaban J connectivity index is 2.01. The van der Waals surface area contributed by atoms with E-state index in [0.29, 0.717) is 12.1 Å². The summed E-state index contributed by atoms with van der Waals surface area (Å²) in [5.41, 5.74) is 0.301. The highest BCUT2D eigenvalue weighted by Gasteiger charge is 2.57. The van der Waals surface area contributed by atoms with E-state index < -0.39 is 54.0 Å². The number of carboxylic acid groups (broad SMARTS) is 1. The maximum Gasteiger partial charge on any atom is 0.355 e. The van der Waals surface area contributed by atoms with Gasteiger partial charge in [-0.1, -0.05) is 32.1 Å². The third kappa shape index (κ3) is 6.17. The van der Waals surface area contributed by atoms with Crippen LogP contribution in [0.4, 0.5) is 0 Å². The molecule has 4 N–H and O–H groups in total. The summed E-state index contributed by atoms with van der Waals surface area (Å²) in [6, 6.07) is 3.33. The monoisotopic (exact) mass is 519 g/mol. The maximum atomic E-state index is 12.9. The lowest BCUT2D eigenvalue weighted by Crippen LogP contribution is -2.46. The lowest BCUT2D eigenvalue weighted by Gasteiger charge is -2.40. The van der Waals surface area contributed by atoms with Gasteiger partial charge in [-0.15, -0.1) is 0 Å². The molecule has 37 heavy (non-hydrogen) atoms. The van der Waals surface area contributed by atoms with Crippen molar-refractivity contribution in [3.05, 3.63) is 47.8 Å². The SMILES string of the molecule is CO[C@@H](C[C@H]1C=C[C@@H]2C[C@@]1(/C(C)=C/[C@@H](C)C(C)O)O[C@H]2[C@H](OC(=O)c1ccc[nH]1)[C@H](C)[C@H](C)O)C(=O)O. The fraction of sp³-hybridized carbons (Fsp3) is 0.643. The largest absolute Gasteiger partial charge is 0.479 e. The molecule has 0 spiro atoms. The number of aromatic nitrogens is 1. The molecule has 0 aromatic carbocycles. The van der Waals surface area contributed by atoms with Crippen LogP contribution in [0.1, 0.15) is 57.9 Å².